The average molecular weight is 307 g/mol. The molecule has 0 saturated carbocycles. The van der Waals surface area contributed by atoms with Crippen LogP contribution in [0.2, 0.25) is 0 Å². The number of aliphatic hydroxyl groups is 1. The third-order valence-electron chi connectivity index (χ3n) is 3.32. The molecule has 0 bridgehead atoms. The molecule has 1 saturated heterocycles. The molecule has 1 aliphatic heterocycles. The fraction of sp³-hybridized carbons (Fsp3) is 0.467. The van der Waals surface area contributed by atoms with E-state index >= 15 is 0 Å². The molecular formula is C15H21N3O4. The lowest BCUT2D eigenvalue weighted by molar-refractivity contribution is -0.134. The van der Waals surface area contributed by atoms with Crippen molar-refractivity contribution in [1.29, 1.82) is 0 Å². The molecule has 1 aromatic carbocycles. The van der Waals surface area contributed by atoms with Gasteiger partial charge in [-0.2, -0.15) is 0 Å². The third-order valence-corrected chi connectivity index (χ3v) is 3.32. The molecule has 0 aromatic heterocycles. The Labute approximate surface area is 129 Å². The van der Waals surface area contributed by atoms with Gasteiger partial charge < -0.3 is 15.2 Å². The number of carbonyl (C=O) groups excluding carboxylic acids is 2. The minimum absolute atomic E-state index is 0.169. The zero-order chi connectivity index (χ0) is 15.8. The van der Waals surface area contributed by atoms with Gasteiger partial charge in [0.25, 0.3) is 5.91 Å². The molecule has 1 aromatic rings. The van der Waals surface area contributed by atoms with E-state index in [0.717, 1.165) is 5.56 Å². The molecule has 0 aliphatic carbocycles. The number of aliphatic hydroxyl groups excluding tert-OH is 1. The molecule has 0 spiro atoms. The van der Waals surface area contributed by atoms with Gasteiger partial charge in [0.15, 0.2) is 0 Å². The summed E-state index contributed by atoms with van der Waals surface area (Å²) in [6.45, 7) is 1.81. The predicted octanol–water partition coefficient (Wildman–Crippen LogP) is -0.930. The third kappa shape index (κ3) is 5.10. The van der Waals surface area contributed by atoms with Crippen LogP contribution in [-0.2, 0) is 20.7 Å². The highest BCUT2D eigenvalue weighted by atomic mass is 16.5. The Morgan fingerprint density at radius 3 is 2.55 bits per heavy atom. The number of rotatable bonds is 6. The van der Waals surface area contributed by atoms with E-state index in [4.69, 9.17) is 4.74 Å². The first-order valence-corrected chi connectivity index (χ1v) is 7.26. The van der Waals surface area contributed by atoms with E-state index in [1.165, 1.54) is 0 Å². The Morgan fingerprint density at radius 1 is 1.23 bits per heavy atom. The van der Waals surface area contributed by atoms with Crippen LogP contribution >= 0.6 is 0 Å². The highest BCUT2D eigenvalue weighted by Crippen LogP contribution is 2.00. The number of benzene rings is 1. The van der Waals surface area contributed by atoms with Crippen molar-refractivity contribution in [2.75, 3.05) is 32.9 Å². The van der Waals surface area contributed by atoms with E-state index in [1.807, 2.05) is 30.3 Å². The zero-order valence-electron chi connectivity index (χ0n) is 12.3. The minimum atomic E-state index is -0.959. The van der Waals surface area contributed by atoms with Crippen LogP contribution in [-0.4, -0.2) is 60.9 Å². The van der Waals surface area contributed by atoms with Crippen LogP contribution in [0, 0.1) is 0 Å². The van der Waals surface area contributed by atoms with Crippen molar-refractivity contribution in [1.82, 2.24) is 15.8 Å². The van der Waals surface area contributed by atoms with Crippen LogP contribution in [0.1, 0.15) is 5.56 Å². The van der Waals surface area contributed by atoms with Crippen molar-refractivity contribution in [3.8, 4) is 0 Å². The molecule has 1 atom stereocenters. The average Bonchev–Trinajstić information content (AvgIpc) is 2.54. The quantitative estimate of drug-likeness (QED) is 0.632. The molecule has 120 valence electrons. The Balaban J connectivity index is 1.82. The van der Waals surface area contributed by atoms with Crippen LogP contribution in [0.4, 0.5) is 0 Å². The largest absolute Gasteiger partial charge is 0.394 e. The standard InChI is InChI=1S/C15H21N3O4/c19-11-13(15(21)17-18-6-8-22-9-7-18)16-14(20)10-12-4-2-1-3-5-12/h1-5,13,19H,6-11H2,(H,16,20)(H,17,21)/t13-/m0/s1. The van der Waals surface area contributed by atoms with Gasteiger partial charge in [0, 0.05) is 13.1 Å². The summed E-state index contributed by atoms with van der Waals surface area (Å²) < 4.78 is 5.19. The lowest BCUT2D eigenvalue weighted by Gasteiger charge is -2.28. The van der Waals surface area contributed by atoms with Crippen LogP contribution in [0.3, 0.4) is 0 Å². The van der Waals surface area contributed by atoms with Crippen molar-refractivity contribution in [2.45, 2.75) is 12.5 Å². The Hall–Kier alpha value is -1.96. The summed E-state index contributed by atoms with van der Waals surface area (Å²) in [5.41, 5.74) is 3.53. The second kappa shape index (κ2) is 8.47. The van der Waals surface area contributed by atoms with E-state index in [0.29, 0.717) is 26.3 Å². The normalized spacial score (nSPS) is 16.8. The number of amides is 2. The molecule has 7 nitrogen and oxygen atoms in total. The van der Waals surface area contributed by atoms with E-state index in [1.54, 1.807) is 5.01 Å². The van der Waals surface area contributed by atoms with Gasteiger partial charge in [-0.05, 0) is 5.56 Å². The number of ether oxygens (including phenoxy) is 1. The van der Waals surface area contributed by atoms with Crippen LogP contribution < -0.4 is 10.7 Å². The maximum atomic E-state index is 12.1. The minimum Gasteiger partial charge on any atom is -0.394 e. The summed E-state index contributed by atoms with van der Waals surface area (Å²) in [5, 5.41) is 13.6. The topological polar surface area (TPSA) is 90.9 Å². The molecule has 3 N–H and O–H groups in total. The molecule has 0 unspecified atom stereocenters. The Bertz CT molecular complexity index is 489. The number of nitrogens with one attached hydrogen (secondary N) is 2. The van der Waals surface area contributed by atoms with Gasteiger partial charge in [-0.15, -0.1) is 0 Å². The van der Waals surface area contributed by atoms with Crippen molar-refractivity contribution < 1.29 is 19.4 Å². The number of hydrogen-bond acceptors (Lipinski definition) is 5. The lowest BCUT2D eigenvalue weighted by Crippen LogP contribution is -2.56. The molecule has 2 amide bonds. The van der Waals surface area contributed by atoms with Gasteiger partial charge in [-0.1, -0.05) is 30.3 Å². The summed E-state index contributed by atoms with van der Waals surface area (Å²) in [6, 6.07) is 8.27. The van der Waals surface area contributed by atoms with Crippen LogP contribution in [0.25, 0.3) is 0 Å². The van der Waals surface area contributed by atoms with Crippen molar-refractivity contribution in [3.63, 3.8) is 0 Å². The van der Waals surface area contributed by atoms with E-state index in [9.17, 15) is 14.7 Å². The van der Waals surface area contributed by atoms with Gasteiger partial charge in [0.1, 0.15) is 6.04 Å². The summed E-state index contributed by atoms with van der Waals surface area (Å²) in [6.07, 6.45) is 0.169. The van der Waals surface area contributed by atoms with Crippen molar-refractivity contribution in [2.24, 2.45) is 0 Å². The molecule has 1 aliphatic rings. The van der Waals surface area contributed by atoms with Gasteiger partial charge in [-0.3, -0.25) is 15.0 Å². The maximum absolute atomic E-state index is 12.1. The van der Waals surface area contributed by atoms with Gasteiger partial charge in [0.2, 0.25) is 5.91 Å². The number of morpholine rings is 1. The summed E-state index contributed by atoms with van der Waals surface area (Å²) in [4.78, 5) is 24.0. The molecule has 22 heavy (non-hydrogen) atoms. The zero-order valence-corrected chi connectivity index (χ0v) is 12.3. The second-order valence-electron chi connectivity index (χ2n) is 5.04. The van der Waals surface area contributed by atoms with E-state index in [2.05, 4.69) is 10.7 Å². The number of carbonyl (C=O) groups is 2. The number of hydrazine groups is 1. The molecule has 1 heterocycles. The van der Waals surface area contributed by atoms with E-state index < -0.39 is 18.6 Å². The smallest absolute Gasteiger partial charge is 0.259 e. The first-order valence-electron chi connectivity index (χ1n) is 7.26. The monoisotopic (exact) mass is 307 g/mol. The summed E-state index contributed by atoms with van der Waals surface area (Å²) in [7, 11) is 0. The second-order valence-corrected chi connectivity index (χ2v) is 5.04. The Kier molecular flexibility index (Phi) is 6.32. The number of nitrogens with zero attached hydrogens (tertiary/aromatic N) is 1. The predicted molar refractivity (Wildman–Crippen MR) is 79.7 cm³/mol. The SMILES string of the molecule is O=C(Cc1ccccc1)N[C@@H](CO)C(=O)NN1CCOCC1. The fourth-order valence-corrected chi connectivity index (χ4v) is 2.13. The van der Waals surface area contributed by atoms with Crippen LogP contribution in [0.5, 0.6) is 0 Å². The number of hydrogen-bond donors (Lipinski definition) is 3. The Morgan fingerprint density at radius 2 is 1.91 bits per heavy atom. The highest BCUT2D eigenvalue weighted by Gasteiger charge is 2.22. The maximum Gasteiger partial charge on any atom is 0.259 e. The molecule has 1 fully saturated rings. The van der Waals surface area contributed by atoms with Gasteiger partial charge >= 0.3 is 0 Å². The first kappa shape index (κ1) is 16.4. The van der Waals surface area contributed by atoms with Crippen molar-refractivity contribution >= 4 is 11.8 Å². The summed E-state index contributed by atoms with van der Waals surface area (Å²) in [5.74, 6) is -0.729. The van der Waals surface area contributed by atoms with Crippen molar-refractivity contribution in [3.05, 3.63) is 35.9 Å². The molecular weight excluding hydrogens is 286 g/mol. The van der Waals surface area contributed by atoms with Crippen LogP contribution in [0.15, 0.2) is 30.3 Å². The highest BCUT2D eigenvalue weighted by molar-refractivity contribution is 5.88. The van der Waals surface area contributed by atoms with Gasteiger partial charge in [-0.25, -0.2) is 5.01 Å². The lowest BCUT2D eigenvalue weighted by atomic mass is 10.1. The first-order chi connectivity index (χ1) is 10.7. The molecule has 2 rings (SSSR count). The van der Waals surface area contributed by atoms with Gasteiger partial charge in [0.05, 0.1) is 26.2 Å². The molecule has 0 radical (unpaired) electrons. The fourth-order valence-electron chi connectivity index (χ4n) is 2.13. The molecule has 7 heteroatoms. The summed E-state index contributed by atoms with van der Waals surface area (Å²) >= 11 is 0. The van der Waals surface area contributed by atoms with E-state index in [-0.39, 0.29) is 12.3 Å².